The third-order valence-electron chi connectivity index (χ3n) is 3.61. The van der Waals surface area contributed by atoms with Crippen molar-refractivity contribution in [3.63, 3.8) is 0 Å². The molecule has 2 aromatic carbocycles. The number of rotatable bonds is 4. The SMILES string of the molecule is Cc1cc(C(N)=O)ccc1NCc1ccc2cc[nH]c2c1. The van der Waals surface area contributed by atoms with Crippen LogP contribution in [0.3, 0.4) is 0 Å². The number of anilines is 1. The second-order valence-electron chi connectivity index (χ2n) is 5.15. The fourth-order valence-electron chi connectivity index (χ4n) is 2.42. The Bertz CT molecular complexity index is 805. The lowest BCUT2D eigenvalue weighted by molar-refractivity contribution is 0.1000. The number of carbonyl (C=O) groups is 1. The first kappa shape index (κ1) is 13.2. The normalized spacial score (nSPS) is 10.7. The lowest BCUT2D eigenvalue weighted by atomic mass is 10.1. The molecule has 0 aliphatic heterocycles. The third-order valence-corrected chi connectivity index (χ3v) is 3.61. The molecule has 0 unspecified atom stereocenters. The van der Waals surface area contributed by atoms with E-state index in [9.17, 15) is 4.79 Å². The van der Waals surface area contributed by atoms with Gasteiger partial charge in [-0.3, -0.25) is 4.79 Å². The summed E-state index contributed by atoms with van der Waals surface area (Å²) in [6.07, 6.45) is 1.94. The number of aryl methyl sites for hydroxylation is 1. The maximum Gasteiger partial charge on any atom is 0.248 e. The van der Waals surface area contributed by atoms with E-state index < -0.39 is 5.91 Å². The zero-order valence-corrected chi connectivity index (χ0v) is 11.8. The number of aromatic nitrogens is 1. The van der Waals surface area contributed by atoms with E-state index in [1.54, 1.807) is 12.1 Å². The van der Waals surface area contributed by atoms with Gasteiger partial charge in [0.25, 0.3) is 0 Å². The van der Waals surface area contributed by atoms with Crippen molar-refractivity contribution in [2.45, 2.75) is 13.5 Å². The molecule has 106 valence electrons. The molecule has 0 saturated heterocycles. The van der Waals surface area contributed by atoms with Gasteiger partial charge in [0.05, 0.1) is 0 Å². The molecule has 0 saturated carbocycles. The van der Waals surface area contributed by atoms with Crippen molar-refractivity contribution < 1.29 is 4.79 Å². The Morgan fingerprint density at radius 2 is 2.05 bits per heavy atom. The standard InChI is InChI=1S/C17H17N3O/c1-11-8-14(17(18)21)4-5-15(11)20-10-12-2-3-13-6-7-19-16(13)9-12/h2-9,19-20H,10H2,1H3,(H2,18,21). The summed E-state index contributed by atoms with van der Waals surface area (Å²) in [5, 5.41) is 4.60. The van der Waals surface area contributed by atoms with Gasteiger partial charge in [-0.1, -0.05) is 12.1 Å². The number of primary amides is 1. The number of carbonyl (C=O) groups excluding carboxylic acids is 1. The second kappa shape index (κ2) is 5.32. The van der Waals surface area contributed by atoms with E-state index >= 15 is 0 Å². The predicted octanol–water partition coefficient (Wildman–Crippen LogP) is 3.19. The molecule has 0 bridgehead atoms. The van der Waals surface area contributed by atoms with Crippen molar-refractivity contribution in [1.29, 1.82) is 0 Å². The quantitative estimate of drug-likeness (QED) is 0.686. The summed E-state index contributed by atoms with van der Waals surface area (Å²) < 4.78 is 0. The number of nitrogens with two attached hydrogens (primary N) is 1. The zero-order chi connectivity index (χ0) is 14.8. The Balaban J connectivity index is 1.76. The van der Waals surface area contributed by atoms with Crippen molar-refractivity contribution >= 4 is 22.5 Å². The molecule has 0 spiro atoms. The van der Waals surface area contributed by atoms with Crippen LogP contribution in [0.25, 0.3) is 10.9 Å². The summed E-state index contributed by atoms with van der Waals surface area (Å²) in [5.74, 6) is -0.401. The average Bonchev–Trinajstić information content (AvgIpc) is 2.93. The fraction of sp³-hybridized carbons (Fsp3) is 0.118. The second-order valence-corrected chi connectivity index (χ2v) is 5.15. The molecule has 3 rings (SSSR count). The topological polar surface area (TPSA) is 70.9 Å². The van der Waals surface area contributed by atoms with Gasteiger partial charge in [-0.2, -0.15) is 0 Å². The van der Waals surface area contributed by atoms with Crippen molar-refractivity contribution in [2.24, 2.45) is 5.73 Å². The summed E-state index contributed by atoms with van der Waals surface area (Å²) in [4.78, 5) is 14.4. The fourth-order valence-corrected chi connectivity index (χ4v) is 2.42. The van der Waals surface area contributed by atoms with Crippen molar-refractivity contribution in [1.82, 2.24) is 4.98 Å². The van der Waals surface area contributed by atoms with E-state index in [1.807, 2.05) is 19.2 Å². The number of hydrogen-bond acceptors (Lipinski definition) is 2. The minimum atomic E-state index is -0.401. The van der Waals surface area contributed by atoms with Crippen LogP contribution in [0.2, 0.25) is 0 Å². The number of nitrogens with one attached hydrogen (secondary N) is 2. The molecule has 1 heterocycles. The van der Waals surface area contributed by atoms with Crippen molar-refractivity contribution in [3.8, 4) is 0 Å². The first-order valence-corrected chi connectivity index (χ1v) is 6.84. The van der Waals surface area contributed by atoms with Gasteiger partial charge in [-0.25, -0.2) is 0 Å². The maximum absolute atomic E-state index is 11.1. The van der Waals surface area contributed by atoms with Gasteiger partial charge in [0.1, 0.15) is 0 Å². The molecule has 1 amide bonds. The molecule has 21 heavy (non-hydrogen) atoms. The highest BCUT2D eigenvalue weighted by Crippen LogP contribution is 2.19. The Kier molecular flexibility index (Phi) is 3.36. The molecule has 4 nitrogen and oxygen atoms in total. The smallest absolute Gasteiger partial charge is 0.248 e. The van der Waals surface area contributed by atoms with E-state index in [4.69, 9.17) is 5.73 Å². The van der Waals surface area contributed by atoms with Crippen LogP contribution in [0.15, 0.2) is 48.7 Å². The maximum atomic E-state index is 11.1. The number of benzene rings is 2. The van der Waals surface area contributed by atoms with E-state index in [-0.39, 0.29) is 0 Å². The highest BCUT2D eigenvalue weighted by Gasteiger charge is 2.04. The molecule has 4 heteroatoms. The Morgan fingerprint density at radius 3 is 2.81 bits per heavy atom. The number of H-pyrrole nitrogens is 1. The van der Waals surface area contributed by atoms with Crippen LogP contribution in [-0.2, 0) is 6.54 Å². The number of amides is 1. The number of hydrogen-bond donors (Lipinski definition) is 3. The van der Waals surface area contributed by atoms with Crippen LogP contribution in [0.1, 0.15) is 21.5 Å². The molecule has 0 radical (unpaired) electrons. The van der Waals surface area contributed by atoms with Crippen LogP contribution in [0.5, 0.6) is 0 Å². The van der Waals surface area contributed by atoms with Gasteiger partial charge in [-0.05, 0) is 53.8 Å². The monoisotopic (exact) mass is 279 g/mol. The average molecular weight is 279 g/mol. The molecule has 0 aliphatic carbocycles. The summed E-state index contributed by atoms with van der Waals surface area (Å²) in [6.45, 7) is 2.69. The van der Waals surface area contributed by atoms with Gasteiger partial charge in [0, 0.05) is 29.5 Å². The Labute approximate surface area is 123 Å². The van der Waals surface area contributed by atoms with Crippen molar-refractivity contribution in [2.75, 3.05) is 5.32 Å². The number of aromatic amines is 1. The molecule has 4 N–H and O–H groups in total. The predicted molar refractivity (Wildman–Crippen MR) is 85.3 cm³/mol. The highest BCUT2D eigenvalue weighted by molar-refractivity contribution is 5.93. The largest absolute Gasteiger partial charge is 0.381 e. The van der Waals surface area contributed by atoms with Crippen LogP contribution >= 0.6 is 0 Å². The lowest BCUT2D eigenvalue weighted by Gasteiger charge is -2.10. The van der Waals surface area contributed by atoms with E-state index in [0.29, 0.717) is 5.56 Å². The summed E-state index contributed by atoms with van der Waals surface area (Å²) >= 11 is 0. The van der Waals surface area contributed by atoms with Crippen LogP contribution in [-0.4, -0.2) is 10.9 Å². The van der Waals surface area contributed by atoms with Crippen LogP contribution in [0.4, 0.5) is 5.69 Å². The minimum Gasteiger partial charge on any atom is -0.381 e. The summed E-state index contributed by atoms with van der Waals surface area (Å²) in [7, 11) is 0. The number of fused-ring (bicyclic) bond motifs is 1. The molecular weight excluding hydrogens is 262 g/mol. The summed E-state index contributed by atoms with van der Waals surface area (Å²) in [6, 6.07) is 13.8. The van der Waals surface area contributed by atoms with Gasteiger partial charge in [0.15, 0.2) is 0 Å². The van der Waals surface area contributed by atoms with Gasteiger partial charge in [-0.15, -0.1) is 0 Å². The van der Waals surface area contributed by atoms with Gasteiger partial charge < -0.3 is 16.0 Å². The molecule has 0 atom stereocenters. The highest BCUT2D eigenvalue weighted by atomic mass is 16.1. The zero-order valence-electron chi connectivity index (χ0n) is 11.8. The molecule has 0 aliphatic rings. The first-order chi connectivity index (χ1) is 10.1. The lowest BCUT2D eigenvalue weighted by Crippen LogP contribution is -2.11. The van der Waals surface area contributed by atoms with Gasteiger partial charge in [0.2, 0.25) is 5.91 Å². The first-order valence-electron chi connectivity index (χ1n) is 6.84. The van der Waals surface area contributed by atoms with Crippen molar-refractivity contribution in [3.05, 3.63) is 65.4 Å². The van der Waals surface area contributed by atoms with Crippen LogP contribution in [0, 0.1) is 6.92 Å². The summed E-state index contributed by atoms with van der Waals surface area (Å²) in [5.41, 5.74) is 10.2. The molecular formula is C17H17N3O. The molecule has 0 fully saturated rings. The van der Waals surface area contributed by atoms with E-state index in [2.05, 4.69) is 34.6 Å². The van der Waals surface area contributed by atoms with Gasteiger partial charge >= 0.3 is 0 Å². The molecule has 1 aromatic heterocycles. The van der Waals surface area contributed by atoms with E-state index in [1.165, 1.54) is 10.9 Å². The minimum absolute atomic E-state index is 0.401. The van der Waals surface area contributed by atoms with E-state index in [0.717, 1.165) is 23.3 Å². The van der Waals surface area contributed by atoms with Crippen LogP contribution < -0.4 is 11.1 Å². The Morgan fingerprint density at radius 1 is 1.19 bits per heavy atom. The Hall–Kier alpha value is -2.75. The molecule has 3 aromatic rings. The third kappa shape index (κ3) is 2.74.